The van der Waals surface area contributed by atoms with E-state index in [-0.39, 0.29) is 18.2 Å². The molecule has 1 N–H and O–H groups in total. The zero-order chi connectivity index (χ0) is 15.0. The zero-order valence-electron chi connectivity index (χ0n) is 11.1. The van der Waals surface area contributed by atoms with Gasteiger partial charge in [0.25, 0.3) is 5.91 Å². The smallest absolute Gasteiger partial charge is 0.258 e. The van der Waals surface area contributed by atoms with Crippen LogP contribution in [-0.2, 0) is 9.59 Å². The van der Waals surface area contributed by atoms with Crippen molar-refractivity contribution in [1.29, 1.82) is 0 Å². The highest BCUT2D eigenvalue weighted by Crippen LogP contribution is 2.28. The first-order chi connectivity index (χ1) is 10.1. The summed E-state index contributed by atoms with van der Waals surface area (Å²) in [5, 5.41) is 2.28. The average molecular weight is 353 g/mol. The predicted octanol–water partition coefficient (Wildman–Crippen LogP) is 1.09. The molecule has 21 heavy (non-hydrogen) atoms. The lowest BCUT2D eigenvalue weighted by atomic mass is 10.0. The van der Waals surface area contributed by atoms with Gasteiger partial charge in [-0.05, 0) is 24.6 Å². The SMILES string of the molecule is O=C1CCC(N2CCOc3cc(Br)ccc3C2=O)C(=O)N1. The molecule has 1 aromatic carbocycles. The van der Waals surface area contributed by atoms with Gasteiger partial charge in [0.05, 0.1) is 12.1 Å². The Morgan fingerprint density at radius 3 is 2.86 bits per heavy atom. The highest BCUT2D eigenvalue weighted by Gasteiger charge is 2.36. The molecule has 2 heterocycles. The summed E-state index contributed by atoms with van der Waals surface area (Å²) < 4.78 is 6.41. The van der Waals surface area contributed by atoms with Gasteiger partial charge in [-0.15, -0.1) is 0 Å². The van der Waals surface area contributed by atoms with Crippen LogP contribution >= 0.6 is 15.9 Å². The number of benzene rings is 1. The number of rotatable bonds is 1. The van der Waals surface area contributed by atoms with Crippen LogP contribution < -0.4 is 10.1 Å². The maximum absolute atomic E-state index is 12.6. The van der Waals surface area contributed by atoms with Crippen LogP contribution in [0.1, 0.15) is 23.2 Å². The summed E-state index contributed by atoms with van der Waals surface area (Å²) in [4.78, 5) is 37.3. The van der Waals surface area contributed by atoms with Crippen LogP contribution in [0.15, 0.2) is 22.7 Å². The van der Waals surface area contributed by atoms with Crippen molar-refractivity contribution >= 4 is 33.7 Å². The minimum absolute atomic E-state index is 0.244. The van der Waals surface area contributed by atoms with Crippen molar-refractivity contribution in [2.75, 3.05) is 13.2 Å². The van der Waals surface area contributed by atoms with Crippen molar-refractivity contribution in [2.45, 2.75) is 18.9 Å². The second kappa shape index (κ2) is 5.48. The largest absolute Gasteiger partial charge is 0.491 e. The first kappa shape index (κ1) is 14.1. The number of imide groups is 1. The van der Waals surface area contributed by atoms with Gasteiger partial charge in [-0.1, -0.05) is 15.9 Å². The second-order valence-corrected chi connectivity index (χ2v) is 5.87. The molecule has 0 radical (unpaired) electrons. The monoisotopic (exact) mass is 352 g/mol. The summed E-state index contributed by atoms with van der Waals surface area (Å²) in [5.41, 5.74) is 0.431. The Morgan fingerprint density at radius 2 is 2.10 bits per heavy atom. The Labute approximate surface area is 129 Å². The molecule has 1 saturated heterocycles. The number of hydrogen-bond donors (Lipinski definition) is 1. The van der Waals surface area contributed by atoms with Gasteiger partial charge < -0.3 is 9.64 Å². The third kappa shape index (κ3) is 2.65. The minimum Gasteiger partial charge on any atom is -0.491 e. The molecule has 7 heteroatoms. The van der Waals surface area contributed by atoms with Crippen LogP contribution in [-0.4, -0.2) is 41.8 Å². The standard InChI is InChI=1S/C14H13BrN2O4/c15-8-1-2-9-11(7-8)21-6-5-17(14(9)20)10-3-4-12(18)16-13(10)19/h1-2,7,10H,3-6H2,(H,16,18,19). The number of piperidine rings is 1. The van der Waals surface area contributed by atoms with Crippen LogP contribution in [0.3, 0.4) is 0 Å². The van der Waals surface area contributed by atoms with Gasteiger partial charge in [0.2, 0.25) is 11.8 Å². The molecule has 1 atom stereocenters. The Kier molecular flexibility index (Phi) is 3.67. The summed E-state index contributed by atoms with van der Waals surface area (Å²) in [5.74, 6) is -0.451. The van der Waals surface area contributed by atoms with E-state index in [0.717, 1.165) is 4.47 Å². The van der Waals surface area contributed by atoms with Gasteiger partial charge in [-0.25, -0.2) is 0 Å². The lowest BCUT2D eigenvalue weighted by Gasteiger charge is -2.31. The van der Waals surface area contributed by atoms with Crippen LogP contribution in [0.5, 0.6) is 5.75 Å². The van der Waals surface area contributed by atoms with Crippen molar-refractivity contribution in [3.05, 3.63) is 28.2 Å². The Hall–Kier alpha value is -1.89. The van der Waals surface area contributed by atoms with Gasteiger partial charge in [-0.2, -0.15) is 0 Å². The molecular weight excluding hydrogens is 340 g/mol. The number of nitrogens with one attached hydrogen (secondary N) is 1. The lowest BCUT2D eigenvalue weighted by Crippen LogP contribution is -2.54. The fraction of sp³-hybridized carbons (Fsp3) is 0.357. The van der Waals surface area contributed by atoms with E-state index in [2.05, 4.69) is 21.2 Å². The Morgan fingerprint density at radius 1 is 1.29 bits per heavy atom. The highest BCUT2D eigenvalue weighted by molar-refractivity contribution is 9.10. The highest BCUT2D eigenvalue weighted by atomic mass is 79.9. The summed E-state index contributed by atoms with van der Waals surface area (Å²) in [7, 11) is 0. The number of ether oxygens (including phenoxy) is 1. The summed E-state index contributed by atoms with van der Waals surface area (Å²) >= 11 is 3.34. The predicted molar refractivity (Wildman–Crippen MR) is 76.8 cm³/mol. The van der Waals surface area contributed by atoms with Crippen LogP contribution in [0.25, 0.3) is 0 Å². The van der Waals surface area contributed by atoms with Gasteiger partial charge in [0.15, 0.2) is 0 Å². The molecule has 6 nitrogen and oxygen atoms in total. The number of halogens is 1. The fourth-order valence-corrected chi connectivity index (χ4v) is 2.92. The van der Waals surface area contributed by atoms with Crippen LogP contribution in [0.2, 0.25) is 0 Å². The van der Waals surface area contributed by atoms with E-state index >= 15 is 0 Å². The number of fused-ring (bicyclic) bond motifs is 1. The number of carbonyl (C=O) groups excluding carboxylic acids is 3. The molecule has 110 valence electrons. The molecule has 0 aliphatic carbocycles. The third-order valence-electron chi connectivity index (χ3n) is 3.61. The maximum Gasteiger partial charge on any atom is 0.258 e. The van der Waals surface area contributed by atoms with Crippen molar-refractivity contribution in [2.24, 2.45) is 0 Å². The molecule has 0 bridgehead atoms. The molecule has 1 unspecified atom stereocenters. The van der Waals surface area contributed by atoms with E-state index in [4.69, 9.17) is 4.74 Å². The number of carbonyl (C=O) groups is 3. The second-order valence-electron chi connectivity index (χ2n) is 4.95. The summed E-state index contributed by atoms with van der Waals surface area (Å²) in [6.45, 7) is 0.629. The molecule has 0 spiro atoms. The minimum atomic E-state index is -0.617. The molecule has 2 aliphatic heterocycles. The van der Waals surface area contributed by atoms with Gasteiger partial charge in [-0.3, -0.25) is 19.7 Å². The average Bonchev–Trinajstić information content (AvgIpc) is 2.58. The quantitative estimate of drug-likeness (QED) is 0.767. The van der Waals surface area contributed by atoms with E-state index in [1.54, 1.807) is 18.2 Å². The van der Waals surface area contributed by atoms with Crippen molar-refractivity contribution in [3.8, 4) is 5.75 Å². The van der Waals surface area contributed by atoms with Crippen LogP contribution in [0, 0.1) is 0 Å². The molecule has 3 rings (SSSR count). The molecule has 1 aromatic rings. The third-order valence-corrected chi connectivity index (χ3v) is 4.10. The first-order valence-electron chi connectivity index (χ1n) is 6.63. The van der Waals surface area contributed by atoms with Crippen molar-refractivity contribution < 1.29 is 19.1 Å². The number of amides is 3. The first-order valence-corrected chi connectivity index (χ1v) is 7.42. The topological polar surface area (TPSA) is 75.7 Å². The zero-order valence-corrected chi connectivity index (χ0v) is 12.7. The maximum atomic E-state index is 12.6. The van der Waals surface area contributed by atoms with E-state index in [0.29, 0.717) is 30.9 Å². The number of hydrogen-bond acceptors (Lipinski definition) is 4. The van der Waals surface area contributed by atoms with Crippen LogP contribution in [0.4, 0.5) is 0 Å². The number of nitrogens with zero attached hydrogens (tertiary/aromatic N) is 1. The molecule has 1 fully saturated rings. The Balaban J connectivity index is 1.90. The van der Waals surface area contributed by atoms with Crippen molar-refractivity contribution in [1.82, 2.24) is 10.2 Å². The Bertz CT molecular complexity index is 631. The summed E-state index contributed by atoms with van der Waals surface area (Å²) in [6.07, 6.45) is 0.594. The molecule has 0 aromatic heterocycles. The lowest BCUT2D eigenvalue weighted by molar-refractivity contribution is -0.136. The van der Waals surface area contributed by atoms with Gasteiger partial charge in [0.1, 0.15) is 18.4 Å². The normalized spacial score (nSPS) is 22.2. The fourth-order valence-electron chi connectivity index (χ4n) is 2.58. The molecule has 2 aliphatic rings. The molecule has 0 saturated carbocycles. The van der Waals surface area contributed by atoms with E-state index < -0.39 is 11.9 Å². The van der Waals surface area contributed by atoms with Crippen molar-refractivity contribution in [3.63, 3.8) is 0 Å². The van der Waals surface area contributed by atoms with E-state index in [9.17, 15) is 14.4 Å². The molecular formula is C14H13BrN2O4. The summed E-state index contributed by atoms with van der Waals surface area (Å²) in [6, 6.07) is 4.55. The van der Waals surface area contributed by atoms with Gasteiger partial charge >= 0.3 is 0 Å². The van der Waals surface area contributed by atoms with E-state index in [1.807, 2.05) is 0 Å². The van der Waals surface area contributed by atoms with E-state index in [1.165, 1.54) is 4.90 Å². The molecule has 3 amide bonds. The van der Waals surface area contributed by atoms with Gasteiger partial charge in [0, 0.05) is 10.9 Å².